The lowest BCUT2D eigenvalue weighted by Gasteiger charge is -2.03. The maximum atomic E-state index is 11.6. The highest BCUT2D eigenvalue weighted by Gasteiger charge is 2.00. The van der Waals surface area contributed by atoms with Gasteiger partial charge in [0.15, 0.2) is 0 Å². The summed E-state index contributed by atoms with van der Waals surface area (Å²) >= 11 is 11.7. The highest BCUT2D eigenvalue weighted by atomic mass is 35.5. The van der Waals surface area contributed by atoms with Gasteiger partial charge >= 0.3 is 5.97 Å². The molecular formula is C17H14Cl2O2. The Hall–Kier alpha value is -1.77. The van der Waals surface area contributed by atoms with Gasteiger partial charge in [-0.3, -0.25) is 0 Å². The van der Waals surface area contributed by atoms with Crippen LogP contribution in [-0.4, -0.2) is 5.97 Å². The minimum atomic E-state index is -0.401. The van der Waals surface area contributed by atoms with Crippen LogP contribution in [-0.2, 0) is 16.1 Å². The molecular weight excluding hydrogens is 307 g/mol. The van der Waals surface area contributed by atoms with Gasteiger partial charge in [0.05, 0.1) is 10.0 Å². The molecule has 0 radical (unpaired) electrons. The zero-order valence-corrected chi connectivity index (χ0v) is 13.0. The molecule has 0 aromatic heterocycles. The number of hydrogen-bond donors (Lipinski definition) is 0. The van der Waals surface area contributed by atoms with Gasteiger partial charge in [0.25, 0.3) is 0 Å². The molecule has 2 nitrogen and oxygen atoms in total. The van der Waals surface area contributed by atoms with Crippen molar-refractivity contribution in [2.75, 3.05) is 0 Å². The summed E-state index contributed by atoms with van der Waals surface area (Å²) in [5.41, 5.74) is 2.91. The molecule has 108 valence electrons. The second-order valence-electron chi connectivity index (χ2n) is 4.60. The summed E-state index contributed by atoms with van der Waals surface area (Å²) in [6.45, 7) is 2.26. The third kappa shape index (κ3) is 4.92. The maximum Gasteiger partial charge on any atom is 0.331 e. The Balaban J connectivity index is 1.90. The molecule has 0 amide bonds. The van der Waals surface area contributed by atoms with Gasteiger partial charge in [-0.15, -0.1) is 0 Å². The van der Waals surface area contributed by atoms with Crippen molar-refractivity contribution in [3.05, 3.63) is 75.3 Å². The van der Waals surface area contributed by atoms with Crippen LogP contribution in [0.4, 0.5) is 0 Å². The van der Waals surface area contributed by atoms with Crippen molar-refractivity contribution in [3.8, 4) is 0 Å². The lowest BCUT2D eigenvalue weighted by Crippen LogP contribution is -2.00. The normalized spacial score (nSPS) is 10.8. The number of halogens is 2. The molecule has 0 bridgehead atoms. The van der Waals surface area contributed by atoms with E-state index in [9.17, 15) is 4.79 Å². The average Bonchev–Trinajstić information content (AvgIpc) is 2.48. The average molecular weight is 321 g/mol. The third-order valence-corrected chi connectivity index (χ3v) is 3.60. The number of esters is 1. The number of aryl methyl sites for hydroxylation is 1. The fourth-order valence-electron chi connectivity index (χ4n) is 1.67. The zero-order chi connectivity index (χ0) is 15.2. The van der Waals surface area contributed by atoms with Gasteiger partial charge in [0, 0.05) is 6.08 Å². The quantitative estimate of drug-likeness (QED) is 0.581. The molecule has 0 atom stereocenters. The van der Waals surface area contributed by atoms with Gasteiger partial charge in [-0.1, -0.05) is 59.1 Å². The highest BCUT2D eigenvalue weighted by molar-refractivity contribution is 6.42. The van der Waals surface area contributed by atoms with E-state index in [2.05, 4.69) is 0 Å². The third-order valence-electron chi connectivity index (χ3n) is 2.86. The highest BCUT2D eigenvalue weighted by Crippen LogP contribution is 2.23. The summed E-state index contributed by atoms with van der Waals surface area (Å²) in [5.74, 6) is -0.401. The second kappa shape index (κ2) is 7.30. The van der Waals surface area contributed by atoms with E-state index in [0.29, 0.717) is 10.0 Å². The first-order valence-electron chi connectivity index (χ1n) is 6.40. The van der Waals surface area contributed by atoms with Crippen LogP contribution < -0.4 is 0 Å². The fraction of sp³-hybridized carbons (Fsp3) is 0.118. The molecule has 2 aromatic carbocycles. The molecule has 0 heterocycles. The molecule has 0 spiro atoms. The first kappa shape index (κ1) is 15.6. The predicted molar refractivity (Wildman–Crippen MR) is 86.5 cm³/mol. The summed E-state index contributed by atoms with van der Waals surface area (Å²) in [4.78, 5) is 11.6. The molecule has 0 saturated carbocycles. The van der Waals surface area contributed by atoms with Crippen LogP contribution in [0.3, 0.4) is 0 Å². The Morgan fingerprint density at radius 1 is 1.10 bits per heavy atom. The SMILES string of the molecule is Cc1ccc(COC(=O)/C=C/c2ccc(Cl)c(Cl)c2)cc1. The summed E-state index contributed by atoms with van der Waals surface area (Å²) in [7, 11) is 0. The van der Waals surface area contributed by atoms with Crippen molar-refractivity contribution >= 4 is 35.2 Å². The number of hydrogen-bond acceptors (Lipinski definition) is 2. The Kier molecular flexibility index (Phi) is 5.43. The van der Waals surface area contributed by atoms with Gasteiger partial charge in [-0.25, -0.2) is 4.79 Å². The van der Waals surface area contributed by atoms with E-state index in [1.54, 1.807) is 24.3 Å². The molecule has 21 heavy (non-hydrogen) atoms. The molecule has 0 saturated heterocycles. The second-order valence-corrected chi connectivity index (χ2v) is 5.41. The van der Waals surface area contributed by atoms with Crippen LogP contribution in [0, 0.1) is 6.92 Å². The van der Waals surface area contributed by atoms with E-state index in [1.807, 2.05) is 31.2 Å². The van der Waals surface area contributed by atoms with Crippen LogP contribution in [0.2, 0.25) is 10.0 Å². The van der Waals surface area contributed by atoms with E-state index < -0.39 is 5.97 Å². The van der Waals surface area contributed by atoms with Crippen molar-refractivity contribution in [1.82, 2.24) is 0 Å². The first-order chi connectivity index (χ1) is 10.0. The van der Waals surface area contributed by atoms with Gasteiger partial charge in [0.2, 0.25) is 0 Å². The summed E-state index contributed by atoms with van der Waals surface area (Å²) < 4.78 is 5.16. The number of benzene rings is 2. The summed E-state index contributed by atoms with van der Waals surface area (Å²) in [5, 5.41) is 0.933. The van der Waals surface area contributed by atoms with Crippen LogP contribution in [0.5, 0.6) is 0 Å². The predicted octanol–water partition coefficient (Wildman–Crippen LogP) is 5.06. The van der Waals surface area contributed by atoms with Crippen molar-refractivity contribution in [1.29, 1.82) is 0 Å². The topological polar surface area (TPSA) is 26.3 Å². The van der Waals surface area contributed by atoms with E-state index in [0.717, 1.165) is 11.1 Å². The first-order valence-corrected chi connectivity index (χ1v) is 7.15. The van der Waals surface area contributed by atoms with E-state index >= 15 is 0 Å². The molecule has 0 N–H and O–H groups in total. The lowest BCUT2D eigenvalue weighted by atomic mass is 10.2. The van der Waals surface area contributed by atoms with Crippen LogP contribution in [0.15, 0.2) is 48.5 Å². The molecule has 2 rings (SSSR count). The molecule has 0 aliphatic heterocycles. The molecule has 0 unspecified atom stereocenters. The summed E-state index contributed by atoms with van der Waals surface area (Å²) in [6, 6.07) is 13.0. The molecule has 0 aliphatic carbocycles. The molecule has 0 aliphatic rings. The monoisotopic (exact) mass is 320 g/mol. The molecule has 0 fully saturated rings. The van der Waals surface area contributed by atoms with Gasteiger partial charge in [0.1, 0.15) is 6.61 Å². The Morgan fingerprint density at radius 3 is 2.48 bits per heavy atom. The number of rotatable bonds is 4. The molecule has 2 aromatic rings. The fourth-order valence-corrected chi connectivity index (χ4v) is 1.97. The largest absolute Gasteiger partial charge is 0.458 e. The van der Waals surface area contributed by atoms with Crippen molar-refractivity contribution in [3.63, 3.8) is 0 Å². The zero-order valence-electron chi connectivity index (χ0n) is 11.5. The van der Waals surface area contributed by atoms with Crippen LogP contribution in [0.1, 0.15) is 16.7 Å². The Bertz CT molecular complexity index is 661. The number of carbonyl (C=O) groups is 1. The van der Waals surface area contributed by atoms with Gasteiger partial charge < -0.3 is 4.74 Å². The number of ether oxygens (including phenoxy) is 1. The van der Waals surface area contributed by atoms with Gasteiger partial charge in [-0.2, -0.15) is 0 Å². The smallest absolute Gasteiger partial charge is 0.331 e. The standard InChI is InChI=1S/C17H14Cl2O2/c1-12-2-4-14(5-3-12)11-21-17(20)9-7-13-6-8-15(18)16(19)10-13/h2-10H,11H2,1H3/b9-7+. The number of carbonyl (C=O) groups excluding carboxylic acids is 1. The Morgan fingerprint density at radius 2 is 1.81 bits per heavy atom. The van der Waals surface area contributed by atoms with E-state index in [-0.39, 0.29) is 6.61 Å². The van der Waals surface area contributed by atoms with Crippen molar-refractivity contribution in [2.24, 2.45) is 0 Å². The minimum Gasteiger partial charge on any atom is -0.458 e. The van der Waals surface area contributed by atoms with E-state index in [4.69, 9.17) is 27.9 Å². The summed E-state index contributed by atoms with van der Waals surface area (Å²) in [6.07, 6.45) is 3.01. The minimum absolute atomic E-state index is 0.255. The van der Waals surface area contributed by atoms with Crippen molar-refractivity contribution in [2.45, 2.75) is 13.5 Å². The van der Waals surface area contributed by atoms with Crippen LogP contribution in [0.25, 0.3) is 6.08 Å². The molecule has 4 heteroatoms. The van der Waals surface area contributed by atoms with Crippen molar-refractivity contribution < 1.29 is 9.53 Å². The Labute approximate surface area is 134 Å². The maximum absolute atomic E-state index is 11.6. The van der Waals surface area contributed by atoms with E-state index in [1.165, 1.54) is 11.6 Å². The lowest BCUT2D eigenvalue weighted by molar-refractivity contribution is -0.138. The van der Waals surface area contributed by atoms with Crippen LogP contribution >= 0.6 is 23.2 Å². The van der Waals surface area contributed by atoms with Gasteiger partial charge in [-0.05, 0) is 36.3 Å².